The highest BCUT2D eigenvalue weighted by Crippen LogP contribution is 2.21. The Balaban J connectivity index is 2.52. The van der Waals surface area contributed by atoms with E-state index >= 15 is 0 Å². The number of rotatable bonds is 4. The lowest BCUT2D eigenvalue weighted by molar-refractivity contribution is 0.111. The Kier molecular flexibility index (Phi) is 3.77. The maximum Gasteiger partial charge on any atom is 0.172 e. The van der Waals surface area contributed by atoms with Gasteiger partial charge in [-0.15, -0.1) is 5.10 Å². The van der Waals surface area contributed by atoms with Crippen molar-refractivity contribution >= 4 is 17.9 Å². The number of carbonyl (C=O) groups is 1. The van der Waals surface area contributed by atoms with E-state index in [9.17, 15) is 4.79 Å². The third-order valence-electron chi connectivity index (χ3n) is 2.79. The molecule has 94 valence electrons. The first-order chi connectivity index (χ1) is 8.67. The van der Waals surface area contributed by atoms with E-state index in [1.165, 1.54) is 0 Å². The third-order valence-corrected chi connectivity index (χ3v) is 3.20. The lowest BCUT2D eigenvalue weighted by Gasteiger charge is -2.07. The van der Waals surface area contributed by atoms with Crippen molar-refractivity contribution in [1.29, 1.82) is 0 Å². The molecule has 0 amide bonds. The molecular formula is C13H14ClN3O. The minimum atomic E-state index is 0.397. The van der Waals surface area contributed by atoms with Gasteiger partial charge < -0.3 is 0 Å². The van der Waals surface area contributed by atoms with Gasteiger partial charge in [-0.3, -0.25) is 4.79 Å². The molecule has 0 aliphatic carbocycles. The van der Waals surface area contributed by atoms with Crippen molar-refractivity contribution in [2.45, 2.75) is 26.7 Å². The van der Waals surface area contributed by atoms with Crippen molar-refractivity contribution in [2.75, 3.05) is 0 Å². The van der Waals surface area contributed by atoms with Crippen LogP contribution in [0.4, 0.5) is 0 Å². The van der Waals surface area contributed by atoms with Gasteiger partial charge in [0.25, 0.3) is 0 Å². The largest absolute Gasteiger partial charge is 0.296 e. The molecule has 0 spiro atoms. The summed E-state index contributed by atoms with van der Waals surface area (Å²) in [6.45, 7) is 3.99. The first-order valence-electron chi connectivity index (χ1n) is 5.83. The van der Waals surface area contributed by atoms with Crippen molar-refractivity contribution < 1.29 is 4.79 Å². The molecule has 5 heteroatoms. The van der Waals surface area contributed by atoms with Crippen LogP contribution in [-0.4, -0.2) is 21.3 Å². The summed E-state index contributed by atoms with van der Waals surface area (Å²) >= 11 is 6.10. The number of nitrogens with zero attached hydrogens (tertiary/aromatic N) is 3. The van der Waals surface area contributed by atoms with Crippen LogP contribution in [0.1, 0.15) is 35.1 Å². The predicted octanol–water partition coefficient (Wildman–Crippen LogP) is 2.99. The zero-order valence-corrected chi connectivity index (χ0v) is 11.1. The van der Waals surface area contributed by atoms with E-state index < -0.39 is 0 Å². The van der Waals surface area contributed by atoms with E-state index in [2.05, 4.69) is 10.3 Å². The standard InChI is InChI=1S/C13H14ClN3O/c1-3-4-13-12(8-18)15-16-17(13)10-6-5-9(2)11(14)7-10/h5-8H,3-4H2,1-2H3. The van der Waals surface area contributed by atoms with Gasteiger partial charge in [0.1, 0.15) is 5.69 Å². The topological polar surface area (TPSA) is 47.8 Å². The summed E-state index contributed by atoms with van der Waals surface area (Å²) in [4.78, 5) is 10.9. The van der Waals surface area contributed by atoms with E-state index in [4.69, 9.17) is 11.6 Å². The lowest BCUT2D eigenvalue weighted by Crippen LogP contribution is -2.03. The number of carbonyl (C=O) groups excluding carboxylic acids is 1. The van der Waals surface area contributed by atoms with Gasteiger partial charge in [0.2, 0.25) is 0 Å². The summed E-state index contributed by atoms with van der Waals surface area (Å²) in [5.74, 6) is 0. The summed E-state index contributed by atoms with van der Waals surface area (Å²) in [6, 6.07) is 5.68. The van der Waals surface area contributed by atoms with Crippen LogP contribution in [0.15, 0.2) is 18.2 Å². The Bertz CT molecular complexity index is 578. The Hall–Kier alpha value is -1.68. The van der Waals surface area contributed by atoms with Gasteiger partial charge in [0.05, 0.1) is 11.4 Å². The lowest BCUT2D eigenvalue weighted by atomic mass is 10.2. The molecule has 0 aliphatic rings. The van der Waals surface area contributed by atoms with Crippen LogP contribution in [-0.2, 0) is 6.42 Å². The first-order valence-corrected chi connectivity index (χ1v) is 6.21. The highest BCUT2D eigenvalue weighted by molar-refractivity contribution is 6.31. The van der Waals surface area contributed by atoms with Crippen LogP contribution >= 0.6 is 11.6 Å². The third kappa shape index (κ3) is 2.29. The normalized spacial score (nSPS) is 10.6. The van der Waals surface area contributed by atoms with Gasteiger partial charge in [-0.1, -0.05) is 36.2 Å². The van der Waals surface area contributed by atoms with Crippen molar-refractivity contribution in [1.82, 2.24) is 15.0 Å². The summed E-state index contributed by atoms with van der Waals surface area (Å²) in [6.07, 6.45) is 2.42. The quantitative estimate of drug-likeness (QED) is 0.797. The molecule has 0 bridgehead atoms. The van der Waals surface area contributed by atoms with E-state index in [0.29, 0.717) is 10.7 Å². The van der Waals surface area contributed by atoms with Crippen LogP contribution in [0.5, 0.6) is 0 Å². The van der Waals surface area contributed by atoms with Crippen LogP contribution in [0.2, 0.25) is 5.02 Å². The fraction of sp³-hybridized carbons (Fsp3) is 0.308. The monoisotopic (exact) mass is 263 g/mol. The van der Waals surface area contributed by atoms with Crippen LogP contribution in [0, 0.1) is 6.92 Å². The second kappa shape index (κ2) is 5.31. The molecule has 1 aromatic heterocycles. The van der Waals surface area contributed by atoms with Crippen molar-refractivity contribution in [3.63, 3.8) is 0 Å². The van der Waals surface area contributed by atoms with Gasteiger partial charge in [-0.2, -0.15) is 0 Å². The van der Waals surface area contributed by atoms with Crippen molar-refractivity contribution in [3.05, 3.63) is 40.2 Å². The second-order valence-electron chi connectivity index (χ2n) is 4.13. The first kappa shape index (κ1) is 12.8. The zero-order valence-electron chi connectivity index (χ0n) is 10.4. The van der Waals surface area contributed by atoms with Gasteiger partial charge in [0.15, 0.2) is 6.29 Å². The Morgan fingerprint density at radius 3 is 2.83 bits per heavy atom. The molecule has 2 aromatic rings. The molecule has 0 N–H and O–H groups in total. The molecule has 2 rings (SSSR count). The summed E-state index contributed by atoms with van der Waals surface area (Å²) < 4.78 is 1.68. The number of aromatic nitrogens is 3. The minimum absolute atomic E-state index is 0.397. The fourth-order valence-corrected chi connectivity index (χ4v) is 1.97. The molecule has 0 atom stereocenters. The average molecular weight is 264 g/mol. The maximum atomic E-state index is 10.9. The molecular weight excluding hydrogens is 250 g/mol. The highest BCUT2D eigenvalue weighted by atomic mass is 35.5. The minimum Gasteiger partial charge on any atom is -0.296 e. The van der Waals surface area contributed by atoms with Crippen LogP contribution in [0.25, 0.3) is 5.69 Å². The second-order valence-corrected chi connectivity index (χ2v) is 4.54. The van der Waals surface area contributed by atoms with Gasteiger partial charge >= 0.3 is 0 Å². The van der Waals surface area contributed by atoms with Gasteiger partial charge in [-0.05, 0) is 31.0 Å². The predicted molar refractivity (Wildman–Crippen MR) is 70.5 cm³/mol. The molecule has 18 heavy (non-hydrogen) atoms. The number of aldehydes is 1. The summed E-state index contributed by atoms with van der Waals surface area (Å²) in [7, 11) is 0. The molecule has 1 heterocycles. The maximum absolute atomic E-state index is 10.9. The van der Waals surface area contributed by atoms with E-state index in [1.54, 1.807) is 4.68 Å². The molecule has 4 nitrogen and oxygen atoms in total. The van der Waals surface area contributed by atoms with Gasteiger partial charge in [0, 0.05) is 5.02 Å². The number of hydrogen-bond donors (Lipinski definition) is 0. The van der Waals surface area contributed by atoms with Crippen LogP contribution < -0.4 is 0 Å². The summed E-state index contributed by atoms with van der Waals surface area (Å²) in [5, 5.41) is 8.59. The van der Waals surface area contributed by atoms with Crippen LogP contribution in [0.3, 0.4) is 0 Å². The number of halogens is 1. The van der Waals surface area contributed by atoms with E-state index in [1.807, 2.05) is 32.0 Å². The Labute approximate surface area is 111 Å². The molecule has 0 unspecified atom stereocenters. The molecule has 0 saturated heterocycles. The molecule has 0 saturated carbocycles. The van der Waals surface area contributed by atoms with Crippen molar-refractivity contribution in [3.8, 4) is 5.69 Å². The van der Waals surface area contributed by atoms with Gasteiger partial charge in [-0.25, -0.2) is 4.68 Å². The SMILES string of the molecule is CCCc1c(C=O)nnn1-c1ccc(C)c(Cl)c1. The average Bonchev–Trinajstić information content (AvgIpc) is 2.76. The van der Waals surface area contributed by atoms with E-state index in [0.717, 1.165) is 36.1 Å². The molecule has 1 aromatic carbocycles. The van der Waals surface area contributed by atoms with E-state index in [-0.39, 0.29) is 0 Å². The summed E-state index contributed by atoms with van der Waals surface area (Å²) in [5.41, 5.74) is 3.06. The highest BCUT2D eigenvalue weighted by Gasteiger charge is 2.13. The van der Waals surface area contributed by atoms with Crippen molar-refractivity contribution in [2.24, 2.45) is 0 Å². The Morgan fingerprint density at radius 2 is 2.22 bits per heavy atom. The molecule has 0 radical (unpaired) electrons. The fourth-order valence-electron chi connectivity index (χ4n) is 1.80. The Morgan fingerprint density at radius 1 is 1.44 bits per heavy atom. The zero-order chi connectivity index (χ0) is 13.1. The smallest absolute Gasteiger partial charge is 0.172 e. The number of benzene rings is 1. The number of hydrogen-bond acceptors (Lipinski definition) is 3. The molecule has 0 fully saturated rings. The molecule has 0 aliphatic heterocycles. The number of aryl methyl sites for hydroxylation is 1.